The summed E-state index contributed by atoms with van der Waals surface area (Å²) >= 11 is 0. The molecule has 0 amide bonds. The summed E-state index contributed by atoms with van der Waals surface area (Å²) in [7, 11) is 0. The maximum absolute atomic E-state index is 12.3. The van der Waals surface area contributed by atoms with E-state index in [4.69, 9.17) is 0 Å². The Hall–Kier alpha value is -2.12. The lowest BCUT2D eigenvalue weighted by atomic mass is 10.2. The minimum absolute atomic E-state index is 0.0204. The smallest absolute Gasteiger partial charge is 0.346 e. The quantitative estimate of drug-likeness (QED) is 0.461. The molecule has 92 valence electrons. The topological polar surface area (TPSA) is 82.3 Å². The molecular weight excluding hydrogens is 238 g/mol. The molecule has 0 N–H and O–H groups in total. The van der Waals surface area contributed by atoms with Crippen LogP contribution in [0.25, 0.3) is 0 Å². The van der Waals surface area contributed by atoms with Crippen molar-refractivity contribution >= 4 is 11.7 Å². The molecule has 0 aromatic carbocycles. The second-order valence-electron chi connectivity index (χ2n) is 2.90. The van der Waals surface area contributed by atoms with Crippen molar-refractivity contribution in [3.05, 3.63) is 33.6 Å². The fourth-order valence-electron chi connectivity index (χ4n) is 1.10. The molecule has 0 unspecified atom stereocenters. The summed E-state index contributed by atoms with van der Waals surface area (Å²) in [5.74, 6) is -0.965. The number of nitro groups is 1. The Labute approximate surface area is 94.4 Å². The van der Waals surface area contributed by atoms with Crippen LogP contribution in [0.4, 0.5) is 14.5 Å². The van der Waals surface area contributed by atoms with Crippen LogP contribution in [-0.2, 0) is 4.74 Å². The number of aromatic nitrogens is 1. The normalized spacial score (nSPS) is 10.4. The summed E-state index contributed by atoms with van der Waals surface area (Å²) in [5, 5.41) is 10.6. The van der Waals surface area contributed by atoms with E-state index >= 15 is 0 Å². The van der Waals surface area contributed by atoms with Crippen LogP contribution in [0.5, 0.6) is 0 Å². The van der Waals surface area contributed by atoms with Gasteiger partial charge >= 0.3 is 5.97 Å². The minimum atomic E-state index is -2.94. The summed E-state index contributed by atoms with van der Waals surface area (Å²) in [6.45, 7) is 1.54. The van der Waals surface area contributed by atoms with Gasteiger partial charge < -0.3 is 4.74 Å². The highest BCUT2D eigenvalue weighted by molar-refractivity contribution is 5.93. The van der Waals surface area contributed by atoms with Crippen molar-refractivity contribution in [1.29, 1.82) is 0 Å². The summed E-state index contributed by atoms with van der Waals surface area (Å²) in [5.41, 5.74) is -1.94. The number of hydrogen-bond donors (Lipinski definition) is 0. The molecule has 1 aromatic rings. The monoisotopic (exact) mass is 246 g/mol. The van der Waals surface area contributed by atoms with Crippen molar-refractivity contribution in [2.75, 3.05) is 6.61 Å². The maximum Gasteiger partial charge on any atom is 0.346 e. The molecule has 0 saturated carbocycles. The molecule has 0 aliphatic carbocycles. The number of nitrogens with zero attached hydrogens (tertiary/aromatic N) is 2. The second-order valence-corrected chi connectivity index (χ2v) is 2.90. The van der Waals surface area contributed by atoms with Crippen LogP contribution in [-0.4, -0.2) is 22.5 Å². The zero-order valence-electron chi connectivity index (χ0n) is 8.72. The van der Waals surface area contributed by atoms with Gasteiger partial charge in [-0.05, 0) is 6.92 Å². The van der Waals surface area contributed by atoms with Gasteiger partial charge in [0.1, 0.15) is 5.69 Å². The van der Waals surface area contributed by atoms with E-state index < -0.39 is 34.3 Å². The first kappa shape index (κ1) is 12.9. The third-order valence-electron chi connectivity index (χ3n) is 1.82. The molecule has 0 saturated heterocycles. The maximum atomic E-state index is 12.3. The van der Waals surface area contributed by atoms with Crippen molar-refractivity contribution in [2.24, 2.45) is 0 Å². The molecular formula is C9H8F2N2O4. The van der Waals surface area contributed by atoms with Crippen LogP contribution in [0, 0.1) is 10.1 Å². The molecule has 0 radical (unpaired) electrons. The number of carbonyl (C=O) groups is 1. The van der Waals surface area contributed by atoms with E-state index in [9.17, 15) is 23.7 Å². The molecule has 1 aromatic heterocycles. The van der Waals surface area contributed by atoms with Crippen molar-refractivity contribution in [3.8, 4) is 0 Å². The first-order chi connectivity index (χ1) is 7.97. The molecule has 1 heterocycles. The summed E-state index contributed by atoms with van der Waals surface area (Å²) in [4.78, 5) is 24.3. The van der Waals surface area contributed by atoms with Gasteiger partial charge in [0.15, 0.2) is 5.56 Å². The van der Waals surface area contributed by atoms with E-state index in [-0.39, 0.29) is 6.61 Å². The Balaban J connectivity index is 3.22. The third kappa shape index (κ3) is 2.92. The van der Waals surface area contributed by atoms with Gasteiger partial charge in [0.25, 0.3) is 12.1 Å². The van der Waals surface area contributed by atoms with Gasteiger partial charge in [-0.2, -0.15) is 0 Å². The number of pyridine rings is 1. The van der Waals surface area contributed by atoms with Gasteiger partial charge in [-0.3, -0.25) is 15.1 Å². The predicted octanol–water partition coefficient (Wildman–Crippen LogP) is 2.10. The fraction of sp³-hybridized carbons (Fsp3) is 0.333. The lowest BCUT2D eigenvalue weighted by Crippen LogP contribution is -2.09. The Bertz CT molecular complexity index is 451. The van der Waals surface area contributed by atoms with Gasteiger partial charge in [-0.1, -0.05) is 0 Å². The average Bonchev–Trinajstić information content (AvgIpc) is 2.28. The molecule has 0 aliphatic heterocycles. The van der Waals surface area contributed by atoms with Crippen LogP contribution < -0.4 is 0 Å². The SMILES string of the molecule is CCOC(=O)c1cnc(C(F)F)cc1[N+](=O)[O-]. The molecule has 0 atom stereocenters. The molecule has 0 spiro atoms. The molecule has 1 rings (SSSR count). The number of hydrogen-bond acceptors (Lipinski definition) is 5. The zero-order valence-corrected chi connectivity index (χ0v) is 8.72. The van der Waals surface area contributed by atoms with Gasteiger partial charge in [0, 0.05) is 12.3 Å². The van der Waals surface area contributed by atoms with E-state index in [0.29, 0.717) is 6.07 Å². The number of alkyl halides is 2. The summed E-state index contributed by atoms with van der Waals surface area (Å²) in [6.07, 6.45) is -2.22. The number of ether oxygens (including phenoxy) is 1. The number of esters is 1. The van der Waals surface area contributed by atoms with E-state index in [2.05, 4.69) is 9.72 Å². The molecule has 0 bridgehead atoms. The molecule has 17 heavy (non-hydrogen) atoms. The second kappa shape index (κ2) is 5.28. The molecule has 0 fully saturated rings. The standard InChI is InChI=1S/C9H8F2N2O4/c1-2-17-9(14)5-4-12-6(8(10)11)3-7(5)13(15)16/h3-4,8H,2H2,1H3. The lowest BCUT2D eigenvalue weighted by Gasteiger charge is -2.04. The molecule has 8 heteroatoms. The Morgan fingerprint density at radius 1 is 1.65 bits per heavy atom. The van der Waals surface area contributed by atoms with Crippen LogP contribution >= 0.6 is 0 Å². The fourth-order valence-corrected chi connectivity index (χ4v) is 1.10. The van der Waals surface area contributed by atoms with Gasteiger partial charge in [-0.25, -0.2) is 13.6 Å². The van der Waals surface area contributed by atoms with Crippen LogP contribution in [0.2, 0.25) is 0 Å². The van der Waals surface area contributed by atoms with Crippen molar-refractivity contribution in [1.82, 2.24) is 4.98 Å². The predicted molar refractivity (Wildman–Crippen MR) is 51.8 cm³/mol. The first-order valence-electron chi connectivity index (χ1n) is 4.57. The van der Waals surface area contributed by atoms with Crippen molar-refractivity contribution in [2.45, 2.75) is 13.3 Å². The number of carbonyl (C=O) groups excluding carboxylic acids is 1. The largest absolute Gasteiger partial charge is 0.462 e. The Morgan fingerprint density at radius 2 is 2.29 bits per heavy atom. The van der Waals surface area contributed by atoms with Gasteiger partial charge in [-0.15, -0.1) is 0 Å². The highest BCUT2D eigenvalue weighted by Gasteiger charge is 2.24. The van der Waals surface area contributed by atoms with E-state index in [0.717, 1.165) is 6.20 Å². The van der Waals surface area contributed by atoms with Gasteiger partial charge in [0.05, 0.1) is 11.5 Å². The van der Waals surface area contributed by atoms with Crippen LogP contribution in [0.3, 0.4) is 0 Å². The lowest BCUT2D eigenvalue weighted by molar-refractivity contribution is -0.385. The van der Waals surface area contributed by atoms with Crippen molar-refractivity contribution < 1.29 is 23.2 Å². The minimum Gasteiger partial charge on any atom is -0.462 e. The zero-order chi connectivity index (χ0) is 13.0. The van der Waals surface area contributed by atoms with E-state index in [1.54, 1.807) is 0 Å². The average molecular weight is 246 g/mol. The molecule has 0 aliphatic rings. The van der Waals surface area contributed by atoms with Gasteiger partial charge in [0.2, 0.25) is 0 Å². The molecule has 6 nitrogen and oxygen atoms in total. The van der Waals surface area contributed by atoms with Crippen LogP contribution in [0.1, 0.15) is 29.4 Å². The first-order valence-corrected chi connectivity index (χ1v) is 4.57. The Morgan fingerprint density at radius 3 is 2.76 bits per heavy atom. The Kier molecular flexibility index (Phi) is 4.02. The van der Waals surface area contributed by atoms with E-state index in [1.165, 1.54) is 6.92 Å². The summed E-state index contributed by atoms with van der Waals surface area (Å²) < 4.78 is 29.1. The van der Waals surface area contributed by atoms with Crippen LogP contribution in [0.15, 0.2) is 12.3 Å². The van der Waals surface area contributed by atoms with E-state index in [1.807, 2.05) is 0 Å². The highest BCUT2D eigenvalue weighted by Crippen LogP contribution is 2.24. The summed E-state index contributed by atoms with van der Waals surface area (Å²) in [6, 6.07) is 0.566. The van der Waals surface area contributed by atoms with Crippen molar-refractivity contribution in [3.63, 3.8) is 0 Å². The highest BCUT2D eigenvalue weighted by atomic mass is 19.3. The third-order valence-corrected chi connectivity index (χ3v) is 1.82. The number of halogens is 2. The number of rotatable bonds is 4.